The van der Waals surface area contributed by atoms with Crippen LogP contribution in [-0.2, 0) is 10.2 Å². The van der Waals surface area contributed by atoms with Crippen LogP contribution in [0.25, 0.3) is 16.8 Å². The van der Waals surface area contributed by atoms with Gasteiger partial charge in [-0.25, -0.2) is 0 Å². The Balaban J connectivity index is 1.63. The summed E-state index contributed by atoms with van der Waals surface area (Å²) in [6.07, 6.45) is 5.05. The third-order valence-electron chi connectivity index (χ3n) is 6.61. The number of hydrogen-bond acceptors (Lipinski definition) is 3. The second kappa shape index (κ2) is 6.63. The van der Waals surface area contributed by atoms with Crippen LogP contribution in [0.4, 0.5) is 5.69 Å². The molecule has 2 aliphatic rings. The van der Waals surface area contributed by atoms with Gasteiger partial charge in [0, 0.05) is 24.2 Å². The van der Waals surface area contributed by atoms with Crippen LogP contribution in [-0.4, -0.2) is 23.3 Å². The first kappa shape index (κ1) is 18.7. The zero-order chi connectivity index (χ0) is 20.9. The van der Waals surface area contributed by atoms with E-state index >= 15 is 0 Å². The van der Waals surface area contributed by atoms with Crippen molar-refractivity contribution in [3.63, 3.8) is 0 Å². The zero-order valence-corrected chi connectivity index (χ0v) is 17.3. The largest absolute Gasteiger partial charge is 0.481 e. The van der Waals surface area contributed by atoms with E-state index in [4.69, 9.17) is 9.84 Å². The van der Waals surface area contributed by atoms with E-state index in [1.165, 1.54) is 16.3 Å². The second-order valence-corrected chi connectivity index (χ2v) is 8.62. The summed E-state index contributed by atoms with van der Waals surface area (Å²) in [6.45, 7) is 5.03. The Bertz CT molecular complexity index is 1180. The average Bonchev–Trinajstić information content (AvgIpc) is 2.92. The normalized spacial score (nSPS) is 20.8. The van der Waals surface area contributed by atoms with E-state index < -0.39 is 11.7 Å². The summed E-state index contributed by atoms with van der Waals surface area (Å²) in [7, 11) is 0. The Morgan fingerprint density at radius 2 is 1.80 bits per heavy atom. The fourth-order valence-corrected chi connectivity index (χ4v) is 5.04. The molecule has 0 saturated carbocycles. The number of para-hydroxylation sites is 1. The molecule has 152 valence electrons. The number of carboxylic acids is 1. The molecule has 0 aromatic heterocycles. The molecule has 30 heavy (non-hydrogen) atoms. The maximum Gasteiger partial charge on any atom is 0.303 e. The monoisotopic (exact) mass is 399 g/mol. The number of benzene rings is 3. The van der Waals surface area contributed by atoms with Crippen LogP contribution >= 0.6 is 0 Å². The van der Waals surface area contributed by atoms with Crippen LogP contribution in [0.15, 0.2) is 66.7 Å². The Hall–Kier alpha value is -3.27. The average molecular weight is 399 g/mol. The van der Waals surface area contributed by atoms with Crippen molar-refractivity contribution in [1.82, 2.24) is 0 Å². The molecule has 0 radical (unpaired) electrons. The van der Waals surface area contributed by atoms with Crippen molar-refractivity contribution in [2.24, 2.45) is 0 Å². The molecule has 1 spiro atoms. The SMILES string of the molecule is CC1(C)c2ccccc2N(CCCC(=O)O)C12C=Cc1c(ccc3ccccc13)O2. The fourth-order valence-electron chi connectivity index (χ4n) is 5.04. The lowest BCUT2D eigenvalue weighted by Gasteiger charge is -2.47. The van der Waals surface area contributed by atoms with Crippen molar-refractivity contribution in [1.29, 1.82) is 0 Å². The van der Waals surface area contributed by atoms with Crippen LogP contribution in [0.1, 0.15) is 37.8 Å². The van der Waals surface area contributed by atoms with E-state index in [1.54, 1.807) is 0 Å². The maximum atomic E-state index is 11.1. The fraction of sp³-hybridized carbons (Fsp3) is 0.269. The highest BCUT2D eigenvalue weighted by Crippen LogP contribution is 2.55. The Morgan fingerprint density at radius 3 is 2.63 bits per heavy atom. The van der Waals surface area contributed by atoms with Crippen LogP contribution < -0.4 is 9.64 Å². The van der Waals surface area contributed by atoms with Gasteiger partial charge in [-0.3, -0.25) is 4.79 Å². The first-order valence-corrected chi connectivity index (χ1v) is 10.4. The third kappa shape index (κ3) is 2.56. The molecule has 4 heteroatoms. The van der Waals surface area contributed by atoms with Crippen LogP contribution in [0, 0.1) is 0 Å². The van der Waals surface area contributed by atoms with E-state index in [0.29, 0.717) is 13.0 Å². The number of aliphatic carboxylic acids is 1. The first-order valence-electron chi connectivity index (χ1n) is 10.4. The van der Waals surface area contributed by atoms with Crippen molar-refractivity contribution in [2.75, 3.05) is 11.4 Å². The maximum absolute atomic E-state index is 11.1. The smallest absolute Gasteiger partial charge is 0.303 e. The molecule has 0 bridgehead atoms. The molecule has 0 amide bonds. The number of ether oxygens (including phenoxy) is 1. The predicted octanol–water partition coefficient (Wildman–Crippen LogP) is 5.60. The summed E-state index contributed by atoms with van der Waals surface area (Å²) in [5, 5.41) is 11.5. The molecule has 4 nitrogen and oxygen atoms in total. The van der Waals surface area contributed by atoms with Gasteiger partial charge in [-0.1, -0.05) is 48.5 Å². The van der Waals surface area contributed by atoms with E-state index in [9.17, 15) is 4.79 Å². The molecule has 0 aliphatic carbocycles. The van der Waals surface area contributed by atoms with Crippen molar-refractivity contribution in [2.45, 2.75) is 37.8 Å². The highest BCUT2D eigenvalue weighted by Gasteiger charge is 2.58. The first-order chi connectivity index (χ1) is 14.4. The summed E-state index contributed by atoms with van der Waals surface area (Å²) < 4.78 is 6.85. The van der Waals surface area contributed by atoms with Crippen molar-refractivity contribution < 1.29 is 14.6 Å². The molecular formula is C26H25NO3. The number of carbonyl (C=O) groups is 1. The molecule has 1 unspecified atom stereocenters. The van der Waals surface area contributed by atoms with E-state index in [1.807, 2.05) is 18.2 Å². The number of carboxylic acid groups (broad SMARTS) is 1. The van der Waals surface area contributed by atoms with Crippen molar-refractivity contribution in [3.05, 3.63) is 77.9 Å². The summed E-state index contributed by atoms with van der Waals surface area (Å²) in [5.41, 5.74) is 2.41. The molecule has 3 aromatic rings. The lowest BCUT2D eigenvalue weighted by atomic mass is 9.76. The highest BCUT2D eigenvalue weighted by atomic mass is 16.5. The number of fused-ring (bicyclic) bond motifs is 4. The minimum Gasteiger partial charge on any atom is -0.481 e. The van der Waals surface area contributed by atoms with Crippen LogP contribution in [0.2, 0.25) is 0 Å². The Morgan fingerprint density at radius 1 is 1.03 bits per heavy atom. The van der Waals surface area contributed by atoms with Gasteiger partial charge in [0.15, 0.2) is 0 Å². The van der Waals surface area contributed by atoms with Crippen LogP contribution in [0.3, 0.4) is 0 Å². The standard InChI is InChI=1S/C26H25NO3/c1-25(2)21-10-5-6-11-22(21)27(17-7-12-24(28)29)26(25)16-15-20-19-9-4-3-8-18(19)13-14-23(20)30-26/h3-6,8-11,13-16H,7,12,17H2,1-2H3,(H,28,29). The minimum absolute atomic E-state index is 0.139. The molecule has 1 atom stereocenters. The van der Waals surface area contributed by atoms with Gasteiger partial charge in [0.2, 0.25) is 5.72 Å². The van der Waals surface area contributed by atoms with Gasteiger partial charge in [-0.2, -0.15) is 0 Å². The number of anilines is 1. The second-order valence-electron chi connectivity index (χ2n) is 8.62. The zero-order valence-electron chi connectivity index (χ0n) is 17.3. The topological polar surface area (TPSA) is 49.8 Å². The quantitative estimate of drug-likeness (QED) is 0.620. The van der Waals surface area contributed by atoms with Crippen LogP contribution in [0.5, 0.6) is 5.75 Å². The summed E-state index contributed by atoms with van der Waals surface area (Å²) in [5.74, 6) is 0.0908. The molecule has 2 heterocycles. The van der Waals surface area contributed by atoms with Gasteiger partial charge in [-0.15, -0.1) is 0 Å². The Kier molecular flexibility index (Phi) is 4.14. The summed E-state index contributed by atoms with van der Waals surface area (Å²) in [4.78, 5) is 13.4. The molecule has 1 N–H and O–H groups in total. The van der Waals surface area contributed by atoms with E-state index in [-0.39, 0.29) is 11.8 Å². The van der Waals surface area contributed by atoms with Gasteiger partial charge >= 0.3 is 5.97 Å². The number of hydrogen-bond donors (Lipinski definition) is 1. The van der Waals surface area contributed by atoms with Gasteiger partial charge in [0.05, 0.1) is 5.41 Å². The molecule has 5 rings (SSSR count). The molecule has 0 fully saturated rings. The van der Waals surface area contributed by atoms with Crippen molar-refractivity contribution >= 4 is 28.5 Å². The minimum atomic E-state index is -0.771. The molecule has 0 saturated heterocycles. The number of rotatable bonds is 4. The lowest BCUT2D eigenvalue weighted by Crippen LogP contribution is -2.59. The summed E-state index contributed by atoms with van der Waals surface area (Å²) >= 11 is 0. The van der Waals surface area contributed by atoms with Gasteiger partial charge < -0.3 is 14.7 Å². The highest BCUT2D eigenvalue weighted by molar-refractivity contribution is 5.94. The number of nitrogens with zero attached hydrogens (tertiary/aromatic N) is 1. The molecular weight excluding hydrogens is 374 g/mol. The van der Waals surface area contributed by atoms with Gasteiger partial charge in [0.1, 0.15) is 5.75 Å². The van der Waals surface area contributed by atoms with Crippen molar-refractivity contribution in [3.8, 4) is 5.75 Å². The lowest BCUT2D eigenvalue weighted by molar-refractivity contribution is -0.137. The molecule has 3 aromatic carbocycles. The van der Waals surface area contributed by atoms with E-state index in [2.05, 4.69) is 73.4 Å². The predicted molar refractivity (Wildman–Crippen MR) is 120 cm³/mol. The van der Waals surface area contributed by atoms with Gasteiger partial charge in [-0.05, 0) is 60.9 Å². The third-order valence-corrected chi connectivity index (χ3v) is 6.61. The molecule has 2 aliphatic heterocycles. The Labute approximate surface area is 176 Å². The van der Waals surface area contributed by atoms with E-state index in [0.717, 1.165) is 17.0 Å². The summed E-state index contributed by atoms with van der Waals surface area (Å²) in [6, 6.07) is 20.8. The van der Waals surface area contributed by atoms with Gasteiger partial charge in [0.25, 0.3) is 0 Å².